The molecule has 0 radical (unpaired) electrons. The van der Waals surface area contributed by atoms with Crippen molar-refractivity contribution in [1.29, 1.82) is 0 Å². The minimum absolute atomic E-state index is 0.884. The van der Waals surface area contributed by atoms with Gasteiger partial charge < -0.3 is 0 Å². The number of pyridine rings is 1. The van der Waals surface area contributed by atoms with Crippen LogP contribution < -0.4 is 0 Å². The van der Waals surface area contributed by atoms with E-state index in [0.717, 1.165) is 39.0 Å². The molecule has 5 aromatic rings. The van der Waals surface area contributed by atoms with E-state index >= 15 is 0 Å². The van der Waals surface area contributed by atoms with Gasteiger partial charge in [0.2, 0.25) is 0 Å². The van der Waals surface area contributed by atoms with Crippen molar-refractivity contribution in [2.45, 2.75) is 0 Å². The van der Waals surface area contributed by atoms with Gasteiger partial charge in [-0.15, -0.1) is 0 Å². The monoisotopic (exact) mass is 296 g/mol. The van der Waals surface area contributed by atoms with E-state index in [-0.39, 0.29) is 0 Å². The molecule has 0 saturated heterocycles. The summed E-state index contributed by atoms with van der Waals surface area (Å²) in [5.74, 6) is 0.884. The van der Waals surface area contributed by atoms with Gasteiger partial charge in [-0.2, -0.15) is 0 Å². The molecule has 0 aliphatic rings. The molecule has 0 bridgehead atoms. The van der Waals surface area contributed by atoms with Gasteiger partial charge >= 0.3 is 0 Å². The summed E-state index contributed by atoms with van der Waals surface area (Å²) < 4.78 is 2.13. The summed E-state index contributed by atoms with van der Waals surface area (Å²) in [6.07, 6.45) is 3.58. The number of rotatable bonds is 1. The molecule has 4 heteroatoms. The standard InChI is InChI=1S/C19H12N4/c1-2-6-15-14(5-1)19-22-16-7-3-4-8-17(16)23(19)18(21-15)13-9-11-20-12-10-13/h1-12H. The third kappa shape index (κ3) is 1.75. The highest BCUT2D eigenvalue weighted by Gasteiger charge is 2.14. The fourth-order valence-corrected chi connectivity index (χ4v) is 3.04. The van der Waals surface area contributed by atoms with E-state index in [4.69, 9.17) is 9.97 Å². The summed E-state index contributed by atoms with van der Waals surface area (Å²) in [6.45, 7) is 0. The van der Waals surface area contributed by atoms with Crippen molar-refractivity contribution in [3.8, 4) is 11.4 Å². The molecule has 23 heavy (non-hydrogen) atoms. The molecule has 0 unspecified atom stereocenters. The van der Waals surface area contributed by atoms with E-state index in [1.807, 2.05) is 48.5 Å². The van der Waals surface area contributed by atoms with Gasteiger partial charge in [0.1, 0.15) is 11.5 Å². The second-order valence-electron chi connectivity index (χ2n) is 5.45. The van der Waals surface area contributed by atoms with Gasteiger partial charge in [0, 0.05) is 23.3 Å². The van der Waals surface area contributed by atoms with E-state index in [0.29, 0.717) is 0 Å². The average molecular weight is 296 g/mol. The highest BCUT2D eigenvalue weighted by atomic mass is 15.1. The molecular weight excluding hydrogens is 284 g/mol. The van der Waals surface area contributed by atoms with Crippen LogP contribution in [-0.2, 0) is 0 Å². The lowest BCUT2D eigenvalue weighted by Crippen LogP contribution is -1.97. The Morgan fingerprint density at radius 2 is 1.43 bits per heavy atom. The van der Waals surface area contributed by atoms with Gasteiger partial charge in [0.05, 0.1) is 16.6 Å². The SMILES string of the molecule is c1ccc2c(c1)nc(-c1ccncc1)n1c3ccccc3nc21. The van der Waals surface area contributed by atoms with Gasteiger partial charge in [-0.3, -0.25) is 9.38 Å². The summed E-state index contributed by atoms with van der Waals surface area (Å²) in [5.41, 5.74) is 4.94. The molecule has 2 aromatic carbocycles. The lowest BCUT2D eigenvalue weighted by atomic mass is 10.2. The van der Waals surface area contributed by atoms with Gasteiger partial charge in [-0.25, -0.2) is 9.97 Å². The smallest absolute Gasteiger partial charge is 0.149 e. The lowest BCUT2D eigenvalue weighted by molar-refractivity contribution is 1.15. The Kier molecular flexibility index (Phi) is 2.46. The third-order valence-corrected chi connectivity index (χ3v) is 4.08. The number of imidazole rings is 1. The van der Waals surface area contributed by atoms with Crippen molar-refractivity contribution in [3.05, 3.63) is 73.1 Å². The number of hydrogen-bond donors (Lipinski definition) is 0. The fourth-order valence-electron chi connectivity index (χ4n) is 3.04. The number of fused-ring (bicyclic) bond motifs is 5. The molecular formula is C19H12N4. The van der Waals surface area contributed by atoms with Crippen molar-refractivity contribution in [1.82, 2.24) is 19.4 Å². The summed E-state index contributed by atoms with van der Waals surface area (Å²) in [7, 11) is 0. The van der Waals surface area contributed by atoms with Crippen LogP contribution in [0.3, 0.4) is 0 Å². The van der Waals surface area contributed by atoms with Crippen LogP contribution in [0.4, 0.5) is 0 Å². The van der Waals surface area contributed by atoms with E-state index in [1.54, 1.807) is 12.4 Å². The summed E-state index contributed by atoms with van der Waals surface area (Å²) in [4.78, 5) is 13.8. The number of benzene rings is 2. The zero-order valence-electron chi connectivity index (χ0n) is 12.2. The molecule has 0 atom stereocenters. The van der Waals surface area contributed by atoms with Crippen molar-refractivity contribution >= 4 is 27.6 Å². The Balaban J connectivity index is 2.06. The maximum Gasteiger partial charge on any atom is 0.149 e. The number of nitrogens with zero attached hydrogens (tertiary/aromatic N) is 4. The predicted octanol–water partition coefficient (Wildman–Crippen LogP) is 4.10. The number of para-hydroxylation sites is 3. The van der Waals surface area contributed by atoms with E-state index in [2.05, 4.69) is 21.5 Å². The Bertz CT molecular complexity index is 1160. The zero-order valence-corrected chi connectivity index (χ0v) is 12.2. The normalized spacial score (nSPS) is 11.5. The molecule has 108 valence electrons. The Labute approximate surface area is 132 Å². The molecule has 4 nitrogen and oxygen atoms in total. The number of hydrogen-bond acceptors (Lipinski definition) is 3. The first-order valence-electron chi connectivity index (χ1n) is 7.48. The fraction of sp³-hybridized carbons (Fsp3) is 0. The molecule has 0 aliphatic heterocycles. The molecule has 0 saturated carbocycles. The molecule has 0 fully saturated rings. The first kappa shape index (κ1) is 12.3. The van der Waals surface area contributed by atoms with Crippen molar-refractivity contribution < 1.29 is 0 Å². The van der Waals surface area contributed by atoms with Crippen LogP contribution in [0, 0.1) is 0 Å². The van der Waals surface area contributed by atoms with Crippen molar-refractivity contribution in [2.75, 3.05) is 0 Å². The van der Waals surface area contributed by atoms with E-state index < -0.39 is 0 Å². The highest BCUT2D eigenvalue weighted by Crippen LogP contribution is 2.28. The summed E-state index contributed by atoms with van der Waals surface area (Å²) >= 11 is 0. The molecule has 0 spiro atoms. The summed E-state index contributed by atoms with van der Waals surface area (Å²) in [6, 6.07) is 20.2. The maximum absolute atomic E-state index is 4.89. The van der Waals surface area contributed by atoms with E-state index in [1.165, 1.54) is 0 Å². The molecule has 0 amide bonds. The van der Waals surface area contributed by atoms with Gasteiger partial charge in [-0.05, 0) is 36.4 Å². The Morgan fingerprint density at radius 1 is 0.696 bits per heavy atom. The van der Waals surface area contributed by atoms with Crippen molar-refractivity contribution in [2.24, 2.45) is 0 Å². The quantitative estimate of drug-likeness (QED) is 0.468. The van der Waals surface area contributed by atoms with Gasteiger partial charge in [-0.1, -0.05) is 24.3 Å². The van der Waals surface area contributed by atoms with Crippen LogP contribution in [0.5, 0.6) is 0 Å². The van der Waals surface area contributed by atoms with Crippen LogP contribution in [0.1, 0.15) is 0 Å². The summed E-state index contributed by atoms with van der Waals surface area (Å²) in [5, 5.41) is 1.06. The first-order valence-corrected chi connectivity index (χ1v) is 7.48. The van der Waals surface area contributed by atoms with Gasteiger partial charge in [0.15, 0.2) is 0 Å². The Hall–Kier alpha value is -3.27. The van der Waals surface area contributed by atoms with Crippen LogP contribution >= 0.6 is 0 Å². The van der Waals surface area contributed by atoms with Crippen LogP contribution in [0.25, 0.3) is 39.0 Å². The minimum Gasteiger partial charge on any atom is -0.276 e. The largest absolute Gasteiger partial charge is 0.276 e. The minimum atomic E-state index is 0.884. The maximum atomic E-state index is 4.89. The second-order valence-corrected chi connectivity index (χ2v) is 5.45. The van der Waals surface area contributed by atoms with Crippen LogP contribution in [-0.4, -0.2) is 19.4 Å². The molecule has 0 N–H and O–H groups in total. The highest BCUT2D eigenvalue weighted by molar-refractivity contribution is 5.98. The number of aromatic nitrogens is 4. The van der Waals surface area contributed by atoms with E-state index in [9.17, 15) is 0 Å². The first-order chi connectivity index (χ1) is 11.4. The zero-order chi connectivity index (χ0) is 15.2. The lowest BCUT2D eigenvalue weighted by Gasteiger charge is -2.08. The second kappa shape index (κ2) is 4.61. The molecule has 3 heterocycles. The van der Waals surface area contributed by atoms with Crippen LogP contribution in [0.2, 0.25) is 0 Å². The Morgan fingerprint density at radius 3 is 2.30 bits per heavy atom. The van der Waals surface area contributed by atoms with Gasteiger partial charge in [0.25, 0.3) is 0 Å². The third-order valence-electron chi connectivity index (χ3n) is 4.08. The van der Waals surface area contributed by atoms with Crippen molar-refractivity contribution in [3.63, 3.8) is 0 Å². The topological polar surface area (TPSA) is 43.1 Å². The molecule has 5 rings (SSSR count). The molecule has 3 aromatic heterocycles. The van der Waals surface area contributed by atoms with Crippen LogP contribution in [0.15, 0.2) is 73.1 Å². The molecule has 0 aliphatic carbocycles. The predicted molar refractivity (Wildman–Crippen MR) is 91.2 cm³/mol. The average Bonchev–Trinajstić information content (AvgIpc) is 3.02.